The number of nitrogens with zero attached hydrogens (tertiary/aromatic N) is 1. The van der Waals surface area contributed by atoms with Gasteiger partial charge < -0.3 is 10.2 Å². The number of carbonyl (C=O) groups excluding carboxylic acids is 1. The molecule has 26 heavy (non-hydrogen) atoms. The maximum absolute atomic E-state index is 12.7. The van der Waals surface area contributed by atoms with Crippen LogP contribution in [0.2, 0.25) is 5.02 Å². The molecule has 0 aromatic heterocycles. The van der Waals surface area contributed by atoms with E-state index in [4.69, 9.17) is 11.6 Å². The molecule has 1 aliphatic heterocycles. The van der Waals surface area contributed by atoms with E-state index in [2.05, 4.69) is 5.32 Å². The Morgan fingerprint density at radius 2 is 1.81 bits per heavy atom. The van der Waals surface area contributed by atoms with E-state index in [1.807, 2.05) is 30.3 Å². The zero-order chi connectivity index (χ0) is 18.6. The minimum absolute atomic E-state index is 0.210. The van der Waals surface area contributed by atoms with Gasteiger partial charge in [0.2, 0.25) is 0 Å². The smallest absolute Gasteiger partial charge is 0.317 e. The molecule has 1 saturated heterocycles. The van der Waals surface area contributed by atoms with E-state index < -0.39 is 15.1 Å². The highest BCUT2D eigenvalue weighted by molar-refractivity contribution is 7.92. The molecule has 0 spiro atoms. The standard InChI is InChI=1S/C19H21ClN2O3S/c20-16-6-8-17(9-7-16)26(24,25)18-11-13-22(14-18)19(23)21-12-10-15-4-2-1-3-5-15/h1-9,18H,10-14H2,(H,21,23). The van der Waals surface area contributed by atoms with Gasteiger partial charge in [0.05, 0.1) is 10.1 Å². The van der Waals surface area contributed by atoms with Gasteiger partial charge in [-0.3, -0.25) is 0 Å². The van der Waals surface area contributed by atoms with Crippen LogP contribution >= 0.6 is 11.6 Å². The molecule has 5 nitrogen and oxygen atoms in total. The third-order valence-electron chi connectivity index (χ3n) is 4.55. The van der Waals surface area contributed by atoms with Crippen molar-refractivity contribution in [2.75, 3.05) is 19.6 Å². The van der Waals surface area contributed by atoms with Gasteiger partial charge in [0, 0.05) is 24.7 Å². The molecule has 1 fully saturated rings. The molecular formula is C19H21ClN2O3S. The Balaban J connectivity index is 1.54. The molecule has 3 rings (SSSR count). The number of amides is 2. The molecule has 1 aliphatic rings. The average Bonchev–Trinajstić information content (AvgIpc) is 3.14. The van der Waals surface area contributed by atoms with Crippen LogP contribution in [-0.4, -0.2) is 44.2 Å². The third-order valence-corrected chi connectivity index (χ3v) is 6.99. The largest absolute Gasteiger partial charge is 0.338 e. The maximum Gasteiger partial charge on any atom is 0.317 e. The van der Waals surface area contributed by atoms with Gasteiger partial charge in [0.1, 0.15) is 0 Å². The van der Waals surface area contributed by atoms with Gasteiger partial charge in [-0.2, -0.15) is 0 Å². The first-order valence-electron chi connectivity index (χ1n) is 8.53. The number of sulfone groups is 1. The van der Waals surface area contributed by atoms with E-state index in [1.165, 1.54) is 12.1 Å². The lowest BCUT2D eigenvalue weighted by Crippen LogP contribution is -2.40. The summed E-state index contributed by atoms with van der Waals surface area (Å²) in [7, 11) is -3.47. The lowest BCUT2D eigenvalue weighted by atomic mass is 10.1. The van der Waals surface area contributed by atoms with E-state index in [0.717, 1.165) is 12.0 Å². The van der Waals surface area contributed by atoms with Crippen LogP contribution in [0.1, 0.15) is 12.0 Å². The Hall–Kier alpha value is -2.05. The average molecular weight is 393 g/mol. The van der Waals surface area contributed by atoms with Gasteiger partial charge in [-0.25, -0.2) is 13.2 Å². The van der Waals surface area contributed by atoms with Crippen LogP contribution < -0.4 is 5.32 Å². The van der Waals surface area contributed by atoms with Crippen molar-refractivity contribution in [3.05, 3.63) is 65.2 Å². The Kier molecular flexibility index (Phi) is 5.84. The topological polar surface area (TPSA) is 66.5 Å². The van der Waals surface area contributed by atoms with Crippen LogP contribution in [0.4, 0.5) is 4.79 Å². The van der Waals surface area contributed by atoms with Crippen LogP contribution in [-0.2, 0) is 16.3 Å². The van der Waals surface area contributed by atoms with E-state index in [9.17, 15) is 13.2 Å². The van der Waals surface area contributed by atoms with Crippen LogP contribution in [0.5, 0.6) is 0 Å². The number of halogens is 1. The number of hydrogen-bond acceptors (Lipinski definition) is 3. The van der Waals surface area contributed by atoms with Crippen molar-refractivity contribution in [3.8, 4) is 0 Å². The second-order valence-corrected chi connectivity index (χ2v) is 8.99. The van der Waals surface area contributed by atoms with Crippen molar-refractivity contribution in [3.63, 3.8) is 0 Å². The number of likely N-dealkylation sites (tertiary alicyclic amines) is 1. The summed E-state index contributed by atoms with van der Waals surface area (Å²) in [6.45, 7) is 1.17. The maximum atomic E-state index is 12.7. The van der Waals surface area contributed by atoms with E-state index in [1.54, 1.807) is 17.0 Å². The number of benzene rings is 2. The molecule has 0 aliphatic carbocycles. The molecule has 0 radical (unpaired) electrons. The minimum atomic E-state index is -3.47. The predicted molar refractivity (Wildman–Crippen MR) is 102 cm³/mol. The molecule has 138 valence electrons. The first kappa shape index (κ1) is 18.7. The van der Waals surface area contributed by atoms with E-state index >= 15 is 0 Å². The minimum Gasteiger partial charge on any atom is -0.338 e. The summed E-state index contributed by atoms with van der Waals surface area (Å²) in [5.41, 5.74) is 1.15. The lowest BCUT2D eigenvalue weighted by Gasteiger charge is -2.17. The number of urea groups is 1. The highest BCUT2D eigenvalue weighted by Crippen LogP contribution is 2.25. The van der Waals surface area contributed by atoms with Gasteiger partial charge in [0.15, 0.2) is 9.84 Å². The van der Waals surface area contributed by atoms with Crippen molar-refractivity contribution >= 4 is 27.5 Å². The van der Waals surface area contributed by atoms with Crippen LogP contribution in [0.3, 0.4) is 0 Å². The van der Waals surface area contributed by atoms with E-state index in [0.29, 0.717) is 24.5 Å². The summed E-state index contributed by atoms with van der Waals surface area (Å²) in [5.74, 6) is 0. The van der Waals surface area contributed by atoms with Crippen molar-refractivity contribution in [1.82, 2.24) is 10.2 Å². The fraction of sp³-hybridized carbons (Fsp3) is 0.316. The molecule has 0 bridgehead atoms. The number of hydrogen-bond donors (Lipinski definition) is 1. The van der Waals surface area contributed by atoms with Gasteiger partial charge in [-0.05, 0) is 42.7 Å². The van der Waals surface area contributed by atoms with Crippen molar-refractivity contribution < 1.29 is 13.2 Å². The van der Waals surface area contributed by atoms with Crippen molar-refractivity contribution in [2.24, 2.45) is 0 Å². The third kappa shape index (κ3) is 4.37. The quantitative estimate of drug-likeness (QED) is 0.850. The number of rotatable bonds is 5. The Labute approximate surface area is 158 Å². The summed E-state index contributed by atoms with van der Waals surface area (Å²) >= 11 is 5.82. The fourth-order valence-electron chi connectivity index (χ4n) is 3.05. The molecule has 0 saturated carbocycles. The Bertz CT molecular complexity index is 854. The molecule has 1 heterocycles. The normalized spacial score (nSPS) is 17.3. The summed E-state index contributed by atoms with van der Waals surface area (Å²) in [6, 6.07) is 15.8. The molecule has 2 aromatic carbocycles. The molecule has 1 atom stereocenters. The fourth-order valence-corrected chi connectivity index (χ4v) is 4.87. The molecule has 7 heteroatoms. The van der Waals surface area contributed by atoms with Gasteiger partial charge in [0.25, 0.3) is 0 Å². The highest BCUT2D eigenvalue weighted by Gasteiger charge is 2.36. The summed E-state index contributed by atoms with van der Waals surface area (Å²) in [4.78, 5) is 14.1. The second-order valence-electron chi connectivity index (χ2n) is 6.32. The Morgan fingerprint density at radius 3 is 2.50 bits per heavy atom. The van der Waals surface area contributed by atoms with Gasteiger partial charge >= 0.3 is 6.03 Å². The molecule has 2 amide bonds. The van der Waals surface area contributed by atoms with Crippen molar-refractivity contribution in [1.29, 1.82) is 0 Å². The Morgan fingerprint density at radius 1 is 1.12 bits per heavy atom. The lowest BCUT2D eigenvalue weighted by molar-refractivity contribution is 0.209. The molecule has 2 aromatic rings. The predicted octanol–water partition coefficient (Wildman–Crippen LogP) is 3.14. The highest BCUT2D eigenvalue weighted by atomic mass is 35.5. The van der Waals surface area contributed by atoms with E-state index in [-0.39, 0.29) is 17.5 Å². The molecule has 1 N–H and O–H groups in total. The monoisotopic (exact) mass is 392 g/mol. The molecular weight excluding hydrogens is 372 g/mol. The van der Waals surface area contributed by atoms with Gasteiger partial charge in [-0.15, -0.1) is 0 Å². The SMILES string of the molecule is O=C(NCCc1ccccc1)N1CCC(S(=O)(=O)c2ccc(Cl)cc2)C1. The zero-order valence-electron chi connectivity index (χ0n) is 14.3. The zero-order valence-corrected chi connectivity index (χ0v) is 15.8. The summed E-state index contributed by atoms with van der Waals surface area (Å²) < 4.78 is 25.4. The second kappa shape index (κ2) is 8.10. The number of nitrogens with one attached hydrogen (secondary N) is 1. The van der Waals surface area contributed by atoms with Crippen molar-refractivity contribution in [2.45, 2.75) is 23.0 Å². The first-order valence-corrected chi connectivity index (χ1v) is 10.5. The summed E-state index contributed by atoms with van der Waals surface area (Å²) in [6.07, 6.45) is 1.18. The first-order chi connectivity index (χ1) is 12.5. The van der Waals surface area contributed by atoms with Crippen LogP contribution in [0.15, 0.2) is 59.5 Å². The van der Waals surface area contributed by atoms with Gasteiger partial charge in [-0.1, -0.05) is 41.9 Å². The van der Waals surface area contributed by atoms with Crippen LogP contribution in [0, 0.1) is 0 Å². The molecule has 1 unspecified atom stereocenters. The summed E-state index contributed by atoms with van der Waals surface area (Å²) in [5, 5.41) is 2.78. The van der Waals surface area contributed by atoms with Crippen LogP contribution in [0.25, 0.3) is 0 Å². The number of carbonyl (C=O) groups is 1.